The number of fused-ring (bicyclic) bond motifs is 1. The summed E-state index contributed by atoms with van der Waals surface area (Å²) in [5.74, 6) is 0. The number of benzene rings is 1. The molecule has 0 fully saturated rings. The van der Waals surface area contributed by atoms with Crippen LogP contribution in [0, 0.1) is 10.1 Å². The first-order chi connectivity index (χ1) is 9.74. The molecule has 0 bridgehead atoms. The first-order valence-corrected chi connectivity index (χ1v) is 5.77. The van der Waals surface area contributed by atoms with Crippen molar-refractivity contribution in [3.05, 3.63) is 52.6 Å². The quantitative estimate of drug-likeness (QED) is 0.572. The summed E-state index contributed by atoms with van der Waals surface area (Å²) >= 11 is 0. The van der Waals surface area contributed by atoms with Crippen LogP contribution in [0.15, 0.2) is 41.2 Å². The molecular formula is C12H9N5O3. The van der Waals surface area contributed by atoms with Gasteiger partial charge in [-0.05, 0) is 12.1 Å². The van der Waals surface area contributed by atoms with Crippen LogP contribution in [0.25, 0.3) is 11.1 Å². The van der Waals surface area contributed by atoms with E-state index in [1.807, 2.05) is 0 Å². The second-order valence-corrected chi connectivity index (χ2v) is 3.95. The molecule has 3 rings (SSSR count). The van der Waals surface area contributed by atoms with E-state index in [1.165, 1.54) is 12.4 Å². The molecule has 0 saturated heterocycles. The van der Waals surface area contributed by atoms with E-state index >= 15 is 0 Å². The molecular weight excluding hydrogens is 262 g/mol. The summed E-state index contributed by atoms with van der Waals surface area (Å²) in [6.07, 6.45) is 3.06. The molecule has 100 valence electrons. The number of non-ortho nitro benzene ring substituents is 1. The van der Waals surface area contributed by atoms with Crippen molar-refractivity contribution in [2.75, 3.05) is 5.32 Å². The molecule has 0 aliphatic heterocycles. The molecule has 0 unspecified atom stereocenters. The SMILES string of the molecule is O=[N+]([O-])c1cccc2oc(NCc3ccncn3)nc12. The summed E-state index contributed by atoms with van der Waals surface area (Å²) in [6, 6.07) is 6.54. The molecule has 1 aromatic carbocycles. The van der Waals surface area contributed by atoms with Gasteiger partial charge in [-0.2, -0.15) is 4.98 Å². The molecule has 8 heteroatoms. The molecule has 0 radical (unpaired) electrons. The molecule has 0 spiro atoms. The molecule has 20 heavy (non-hydrogen) atoms. The van der Waals surface area contributed by atoms with Crippen LogP contribution in [0.4, 0.5) is 11.7 Å². The van der Waals surface area contributed by atoms with Gasteiger partial charge in [-0.25, -0.2) is 9.97 Å². The predicted molar refractivity (Wildman–Crippen MR) is 70.0 cm³/mol. The first kappa shape index (κ1) is 12.0. The van der Waals surface area contributed by atoms with Gasteiger partial charge in [0.2, 0.25) is 0 Å². The van der Waals surface area contributed by atoms with Crippen molar-refractivity contribution >= 4 is 22.8 Å². The van der Waals surface area contributed by atoms with Gasteiger partial charge in [-0.3, -0.25) is 10.1 Å². The van der Waals surface area contributed by atoms with Crippen molar-refractivity contribution in [3.8, 4) is 0 Å². The van der Waals surface area contributed by atoms with Crippen LogP contribution in [-0.4, -0.2) is 19.9 Å². The summed E-state index contributed by atoms with van der Waals surface area (Å²) in [7, 11) is 0. The number of rotatable bonds is 4. The standard InChI is InChI=1S/C12H9N5O3/c18-17(19)9-2-1-3-10-11(9)16-12(20-10)14-6-8-4-5-13-7-15-8/h1-5,7H,6H2,(H,14,16). The van der Waals surface area contributed by atoms with Gasteiger partial charge in [0.05, 0.1) is 17.2 Å². The van der Waals surface area contributed by atoms with E-state index in [4.69, 9.17) is 4.42 Å². The Morgan fingerprint density at radius 2 is 2.25 bits per heavy atom. The maximum absolute atomic E-state index is 10.9. The number of nitro benzene ring substituents is 1. The number of hydrogen-bond donors (Lipinski definition) is 1. The first-order valence-electron chi connectivity index (χ1n) is 5.77. The number of anilines is 1. The number of nitrogens with zero attached hydrogens (tertiary/aromatic N) is 4. The minimum absolute atomic E-state index is 0.0821. The molecule has 0 aliphatic carbocycles. The topological polar surface area (TPSA) is 107 Å². The predicted octanol–water partition coefficient (Wildman–Crippen LogP) is 2.14. The van der Waals surface area contributed by atoms with E-state index in [0.29, 0.717) is 12.1 Å². The van der Waals surface area contributed by atoms with Crippen LogP contribution in [-0.2, 0) is 6.54 Å². The Labute approximate surface area is 112 Å². The lowest BCUT2D eigenvalue weighted by Gasteiger charge is -1.99. The molecule has 8 nitrogen and oxygen atoms in total. The normalized spacial score (nSPS) is 10.6. The van der Waals surface area contributed by atoms with E-state index in [0.717, 1.165) is 5.69 Å². The zero-order chi connectivity index (χ0) is 13.9. The van der Waals surface area contributed by atoms with Crippen LogP contribution in [0.3, 0.4) is 0 Å². The molecule has 0 saturated carbocycles. The maximum atomic E-state index is 10.9. The zero-order valence-electron chi connectivity index (χ0n) is 10.2. The molecule has 3 aromatic rings. The van der Waals surface area contributed by atoms with Crippen molar-refractivity contribution in [1.29, 1.82) is 0 Å². The van der Waals surface area contributed by atoms with Gasteiger partial charge >= 0.3 is 0 Å². The fraction of sp³-hybridized carbons (Fsp3) is 0.0833. The Morgan fingerprint density at radius 1 is 1.35 bits per heavy atom. The van der Waals surface area contributed by atoms with E-state index in [9.17, 15) is 10.1 Å². The summed E-state index contributed by atoms with van der Waals surface area (Å²) in [4.78, 5) is 22.3. The Balaban J connectivity index is 1.86. The monoisotopic (exact) mass is 271 g/mol. The number of aromatic nitrogens is 3. The fourth-order valence-corrected chi connectivity index (χ4v) is 1.75. The lowest BCUT2D eigenvalue weighted by Crippen LogP contribution is -2.01. The van der Waals surface area contributed by atoms with Crippen LogP contribution < -0.4 is 5.32 Å². The highest BCUT2D eigenvalue weighted by Gasteiger charge is 2.17. The third-order valence-electron chi connectivity index (χ3n) is 2.66. The number of para-hydroxylation sites is 1. The second-order valence-electron chi connectivity index (χ2n) is 3.95. The molecule has 0 atom stereocenters. The average Bonchev–Trinajstić information content (AvgIpc) is 2.88. The lowest BCUT2D eigenvalue weighted by molar-refractivity contribution is -0.383. The van der Waals surface area contributed by atoms with Gasteiger partial charge < -0.3 is 9.73 Å². The highest BCUT2D eigenvalue weighted by molar-refractivity contribution is 5.83. The Morgan fingerprint density at radius 3 is 3.00 bits per heavy atom. The van der Waals surface area contributed by atoms with Crippen LogP contribution in [0.2, 0.25) is 0 Å². The average molecular weight is 271 g/mol. The van der Waals surface area contributed by atoms with Crippen molar-refractivity contribution in [1.82, 2.24) is 15.0 Å². The highest BCUT2D eigenvalue weighted by Crippen LogP contribution is 2.27. The molecule has 2 aromatic heterocycles. The Bertz CT molecular complexity index is 756. The van der Waals surface area contributed by atoms with Gasteiger partial charge in [0.25, 0.3) is 11.7 Å². The Hall–Kier alpha value is -3.03. The van der Waals surface area contributed by atoms with Gasteiger partial charge in [0, 0.05) is 12.3 Å². The van der Waals surface area contributed by atoms with Crippen LogP contribution >= 0.6 is 0 Å². The van der Waals surface area contributed by atoms with Crippen LogP contribution in [0.1, 0.15) is 5.69 Å². The number of nitrogens with one attached hydrogen (secondary N) is 1. The van der Waals surface area contributed by atoms with Crippen molar-refractivity contribution < 1.29 is 9.34 Å². The molecule has 0 amide bonds. The van der Waals surface area contributed by atoms with E-state index < -0.39 is 4.92 Å². The number of nitro groups is 1. The van der Waals surface area contributed by atoms with Crippen molar-refractivity contribution in [3.63, 3.8) is 0 Å². The Kier molecular flexibility index (Phi) is 2.96. The molecule has 1 N–H and O–H groups in total. The fourth-order valence-electron chi connectivity index (χ4n) is 1.75. The minimum Gasteiger partial charge on any atom is -0.423 e. The van der Waals surface area contributed by atoms with E-state index in [-0.39, 0.29) is 17.2 Å². The second kappa shape index (κ2) is 4.92. The maximum Gasteiger partial charge on any atom is 0.298 e. The smallest absolute Gasteiger partial charge is 0.298 e. The number of hydrogen-bond acceptors (Lipinski definition) is 7. The third kappa shape index (κ3) is 2.26. The largest absolute Gasteiger partial charge is 0.423 e. The van der Waals surface area contributed by atoms with E-state index in [2.05, 4.69) is 20.3 Å². The summed E-state index contributed by atoms with van der Waals surface area (Å²) in [5, 5.41) is 13.8. The highest BCUT2D eigenvalue weighted by atomic mass is 16.6. The molecule has 2 heterocycles. The third-order valence-corrected chi connectivity index (χ3v) is 2.66. The zero-order valence-corrected chi connectivity index (χ0v) is 10.2. The summed E-state index contributed by atoms with van der Waals surface area (Å²) in [5.41, 5.74) is 1.27. The lowest BCUT2D eigenvalue weighted by atomic mass is 10.3. The van der Waals surface area contributed by atoms with Gasteiger partial charge in [0.1, 0.15) is 6.33 Å². The number of oxazole rings is 1. The minimum atomic E-state index is -0.487. The summed E-state index contributed by atoms with van der Waals surface area (Å²) < 4.78 is 5.41. The van der Waals surface area contributed by atoms with Gasteiger partial charge in [-0.15, -0.1) is 0 Å². The van der Waals surface area contributed by atoms with Crippen LogP contribution in [0.5, 0.6) is 0 Å². The molecule has 0 aliphatic rings. The van der Waals surface area contributed by atoms with E-state index in [1.54, 1.807) is 24.4 Å². The van der Waals surface area contributed by atoms with Crippen molar-refractivity contribution in [2.24, 2.45) is 0 Å². The van der Waals surface area contributed by atoms with Gasteiger partial charge in [-0.1, -0.05) is 6.07 Å². The van der Waals surface area contributed by atoms with Gasteiger partial charge in [0.15, 0.2) is 11.1 Å². The van der Waals surface area contributed by atoms with Crippen molar-refractivity contribution in [2.45, 2.75) is 6.54 Å². The summed E-state index contributed by atoms with van der Waals surface area (Å²) in [6.45, 7) is 0.392.